The smallest absolute Gasteiger partial charge is 0.276 e. The third-order valence-electron chi connectivity index (χ3n) is 4.83. The predicted octanol–water partition coefficient (Wildman–Crippen LogP) is 4.66. The summed E-state index contributed by atoms with van der Waals surface area (Å²) in [7, 11) is 0. The fraction of sp³-hybridized carbons (Fsp3) is 0.167. The molecule has 162 valence electrons. The van der Waals surface area contributed by atoms with Crippen molar-refractivity contribution in [2.75, 3.05) is 19.2 Å². The minimum atomic E-state index is -0.685. The first-order chi connectivity index (χ1) is 15.7. The van der Waals surface area contributed by atoms with Crippen molar-refractivity contribution in [3.63, 3.8) is 0 Å². The van der Waals surface area contributed by atoms with E-state index in [2.05, 4.69) is 22.3 Å². The number of hydrogen-bond donors (Lipinski definition) is 1. The van der Waals surface area contributed by atoms with Crippen LogP contribution in [0.3, 0.4) is 0 Å². The topological polar surface area (TPSA) is 86.8 Å². The minimum absolute atomic E-state index is 0.167. The van der Waals surface area contributed by atoms with Gasteiger partial charge in [-0.3, -0.25) is 0 Å². The Morgan fingerprint density at radius 1 is 0.875 bits per heavy atom. The highest BCUT2D eigenvalue weighted by Gasteiger charge is 2.17. The average Bonchev–Trinajstić information content (AvgIpc) is 3.51. The number of fused-ring (bicyclic) bond motifs is 1. The van der Waals surface area contributed by atoms with Gasteiger partial charge in [-0.05, 0) is 41.5 Å². The van der Waals surface area contributed by atoms with Crippen molar-refractivity contribution < 1.29 is 23.7 Å². The Labute approximate surface area is 189 Å². The maximum absolute atomic E-state index is 10.3. The molecule has 0 bridgehead atoms. The summed E-state index contributed by atoms with van der Waals surface area (Å²) >= 11 is 1.28. The van der Waals surface area contributed by atoms with E-state index in [0.29, 0.717) is 34.1 Å². The molecule has 1 aliphatic heterocycles. The van der Waals surface area contributed by atoms with E-state index in [4.69, 9.17) is 18.6 Å². The molecule has 1 aromatic heterocycles. The Bertz CT molecular complexity index is 1180. The van der Waals surface area contributed by atoms with Gasteiger partial charge in [0.15, 0.2) is 11.5 Å². The molecule has 1 unspecified atom stereocenters. The third-order valence-corrected chi connectivity index (χ3v) is 5.79. The second-order valence-electron chi connectivity index (χ2n) is 7.11. The van der Waals surface area contributed by atoms with Crippen LogP contribution in [-0.4, -0.2) is 40.6 Å². The summed E-state index contributed by atoms with van der Waals surface area (Å²) in [6, 6.07) is 23.4. The van der Waals surface area contributed by atoms with E-state index in [1.807, 2.05) is 54.6 Å². The van der Waals surface area contributed by atoms with Gasteiger partial charge < -0.3 is 23.7 Å². The van der Waals surface area contributed by atoms with Crippen LogP contribution in [0.4, 0.5) is 0 Å². The molecule has 1 aliphatic rings. The lowest BCUT2D eigenvalue weighted by Crippen LogP contribution is -2.20. The van der Waals surface area contributed by atoms with E-state index in [-0.39, 0.29) is 13.4 Å². The van der Waals surface area contributed by atoms with Crippen LogP contribution in [0.25, 0.3) is 22.6 Å². The summed E-state index contributed by atoms with van der Waals surface area (Å²) in [4.78, 5) is 0. The molecule has 7 nitrogen and oxygen atoms in total. The van der Waals surface area contributed by atoms with Crippen molar-refractivity contribution >= 4 is 11.8 Å². The number of rotatable bonds is 8. The molecule has 0 aliphatic carbocycles. The highest BCUT2D eigenvalue weighted by atomic mass is 32.2. The van der Waals surface area contributed by atoms with Gasteiger partial charge in [0.25, 0.3) is 5.22 Å². The lowest BCUT2D eigenvalue weighted by molar-refractivity contribution is 0.126. The maximum Gasteiger partial charge on any atom is 0.276 e. The number of aromatic nitrogens is 2. The third kappa shape index (κ3) is 4.71. The van der Waals surface area contributed by atoms with Crippen molar-refractivity contribution in [3.05, 3.63) is 72.8 Å². The summed E-state index contributed by atoms with van der Waals surface area (Å²) < 4.78 is 22.1. The van der Waals surface area contributed by atoms with Crippen LogP contribution < -0.4 is 14.2 Å². The zero-order chi connectivity index (χ0) is 21.8. The van der Waals surface area contributed by atoms with Crippen molar-refractivity contribution in [2.24, 2.45) is 0 Å². The normalized spacial score (nSPS) is 13.2. The van der Waals surface area contributed by atoms with Crippen molar-refractivity contribution in [1.82, 2.24) is 10.2 Å². The van der Waals surface area contributed by atoms with E-state index >= 15 is 0 Å². The van der Waals surface area contributed by atoms with Crippen LogP contribution in [0.1, 0.15) is 0 Å². The van der Waals surface area contributed by atoms with Gasteiger partial charge in [0.1, 0.15) is 12.4 Å². The Balaban J connectivity index is 1.11. The molecule has 0 saturated carbocycles. The van der Waals surface area contributed by atoms with E-state index < -0.39 is 6.10 Å². The van der Waals surface area contributed by atoms with Gasteiger partial charge >= 0.3 is 0 Å². The van der Waals surface area contributed by atoms with Crippen LogP contribution in [-0.2, 0) is 0 Å². The molecular weight excluding hydrogens is 428 g/mol. The van der Waals surface area contributed by atoms with Gasteiger partial charge in [0.2, 0.25) is 12.7 Å². The highest BCUT2D eigenvalue weighted by molar-refractivity contribution is 7.99. The number of ether oxygens (including phenoxy) is 3. The summed E-state index contributed by atoms with van der Waals surface area (Å²) in [6.07, 6.45) is -0.685. The molecule has 0 saturated heterocycles. The lowest BCUT2D eigenvalue weighted by Gasteiger charge is -2.11. The first-order valence-electron chi connectivity index (χ1n) is 10.1. The quantitative estimate of drug-likeness (QED) is 0.389. The average molecular weight is 449 g/mol. The molecule has 4 aromatic rings. The Hall–Kier alpha value is -3.49. The number of aliphatic hydroxyl groups is 1. The maximum atomic E-state index is 10.3. The Morgan fingerprint density at radius 3 is 2.47 bits per heavy atom. The molecule has 5 rings (SSSR count). The van der Waals surface area contributed by atoms with Gasteiger partial charge in [0, 0.05) is 11.3 Å². The van der Waals surface area contributed by atoms with Gasteiger partial charge in [-0.15, -0.1) is 10.2 Å². The molecule has 2 heterocycles. The monoisotopic (exact) mass is 448 g/mol. The van der Waals surface area contributed by atoms with Gasteiger partial charge in [-0.1, -0.05) is 54.2 Å². The van der Waals surface area contributed by atoms with E-state index in [0.717, 1.165) is 16.7 Å². The van der Waals surface area contributed by atoms with Gasteiger partial charge in [0.05, 0.1) is 6.10 Å². The Morgan fingerprint density at radius 2 is 1.62 bits per heavy atom. The van der Waals surface area contributed by atoms with Crippen molar-refractivity contribution in [3.8, 4) is 39.8 Å². The largest absolute Gasteiger partial charge is 0.491 e. The summed E-state index contributed by atoms with van der Waals surface area (Å²) in [5.41, 5.74) is 3.01. The summed E-state index contributed by atoms with van der Waals surface area (Å²) in [5.74, 6) is 2.80. The number of benzene rings is 3. The van der Waals surface area contributed by atoms with Crippen LogP contribution >= 0.6 is 11.8 Å². The molecular formula is C24H20N2O5S. The van der Waals surface area contributed by atoms with Crippen molar-refractivity contribution in [2.45, 2.75) is 11.3 Å². The fourth-order valence-corrected chi connectivity index (χ4v) is 3.86. The molecule has 32 heavy (non-hydrogen) atoms. The van der Waals surface area contributed by atoms with Gasteiger partial charge in [-0.25, -0.2) is 0 Å². The molecule has 3 aromatic carbocycles. The highest BCUT2D eigenvalue weighted by Crippen LogP contribution is 2.36. The number of hydrogen-bond acceptors (Lipinski definition) is 8. The number of aliphatic hydroxyl groups excluding tert-OH is 1. The van der Waals surface area contributed by atoms with Crippen LogP contribution in [0, 0.1) is 0 Å². The fourth-order valence-electron chi connectivity index (χ4n) is 3.20. The summed E-state index contributed by atoms with van der Waals surface area (Å²) in [6.45, 7) is 0.377. The molecule has 1 N–H and O–H groups in total. The lowest BCUT2D eigenvalue weighted by atomic mass is 10.1. The molecule has 0 spiro atoms. The molecule has 0 fully saturated rings. The summed E-state index contributed by atoms with van der Waals surface area (Å²) in [5, 5.41) is 18.8. The molecule has 0 amide bonds. The SMILES string of the molecule is OC(COc1ccc(-c2ccccc2)cc1)CSc1nnc(-c2ccc3c(c2)OCO3)o1. The standard InChI is InChI=1S/C24H20N2O5S/c27-19(13-28-20-9-6-17(7-10-20)16-4-2-1-3-5-16)14-32-24-26-25-23(31-24)18-8-11-21-22(12-18)30-15-29-21/h1-12,19,27H,13-15H2. The predicted molar refractivity (Wildman–Crippen MR) is 120 cm³/mol. The van der Waals surface area contributed by atoms with E-state index in [1.54, 1.807) is 6.07 Å². The van der Waals surface area contributed by atoms with Gasteiger partial charge in [-0.2, -0.15) is 0 Å². The second-order valence-corrected chi connectivity index (χ2v) is 8.08. The first-order valence-corrected chi connectivity index (χ1v) is 11.1. The van der Waals surface area contributed by atoms with Crippen molar-refractivity contribution in [1.29, 1.82) is 0 Å². The van der Waals surface area contributed by atoms with Crippen LogP contribution in [0.15, 0.2) is 82.4 Å². The van der Waals surface area contributed by atoms with E-state index in [9.17, 15) is 5.11 Å². The van der Waals surface area contributed by atoms with E-state index in [1.165, 1.54) is 11.8 Å². The number of nitrogens with zero attached hydrogens (tertiary/aromatic N) is 2. The zero-order valence-electron chi connectivity index (χ0n) is 17.0. The molecule has 8 heteroatoms. The minimum Gasteiger partial charge on any atom is -0.491 e. The Kier molecular flexibility index (Phi) is 5.96. The van der Waals surface area contributed by atoms with Crippen LogP contribution in [0.2, 0.25) is 0 Å². The molecule has 1 atom stereocenters. The number of thioether (sulfide) groups is 1. The zero-order valence-corrected chi connectivity index (χ0v) is 17.8. The first kappa shape index (κ1) is 20.4. The second kappa shape index (κ2) is 9.33. The van der Waals surface area contributed by atoms with Crippen LogP contribution in [0.5, 0.6) is 17.2 Å². The molecule has 0 radical (unpaired) electrons.